The number of rotatable bonds is 3. The van der Waals surface area contributed by atoms with Gasteiger partial charge in [0, 0.05) is 21.2 Å². The van der Waals surface area contributed by atoms with E-state index in [1.807, 2.05) is 4.57 Å². The highest BCUT2D eigenvalue weighted by molar-refractivity contribution is 7.09. The van der Waals surface area contributed by atoms with Crippen LogP contribution in [0.25, 0.3) is 0 Å². The van der Waals surface area contributed by atoms with Crippen molar-refractivity contribution in [3.8, 4) is 0 Å². The molecule has 0 aliphatic heterocycles. The van der Waals surface area contributed by atoms with Gasteiger partial charge in [0.25, 0.3) is 0 Å². The second kappa shape index (κ2) is 4.94. The molecule has 3 rings (SSSR count). The van der Waals surface area contributed by atoms with Gasteiger partial charge < -0.3 is 4.57 Å². The largest absolute Gasteiger partial charge is 0.313 e. The zero-order chi connectivity index (χ0) is 13.4. The number of aromatic nitrogens is 1. The molecular formula is C14H13ClN2OS. The van der Waals surface area contributed by atoms with Crippen LogP contribution in [0, 0.1) is 5.41 Å². The van der Waals surface area contributed by atoms with Crippen LogP contribution in [0.2, 0.25) is 5.02 Å². The maximum Gasteiger partial charge on any atom is 0.182 e. The highest BCUT2D eigenvalue weighted by Crippen LogP contribution is 2.24. The van der Waals surface area contributed by atoms with Crippen molar-refractivity contribution in [2.45, 2.75) is 25.8 Å². The van der Waals surface area contributed by atoms with Crippen LogP contribution < -0.4 is 4.80 Å². The van der Waals surface area contributed by atoms with Gasteiger partial charge in [-0.2, -0.15) is 0 Å². The van der Waals surface area contributed by atoms with E-state index in [4.69, 9.17) is 17.0 Å². The van der Waals surface area contributed by atoms with E-state index in [0.717, 1.165) is 19.3 Å². The fourth-order valence-corrected chi connectivity index (χ4v) is 3.74. The summed E-state index contributed by atoms with van der Waals surface area (Å²) >= 11 is 7.40. The van der Waals surface area contributed by atoms with Gasteiger partial charge in [0.05, 0.1) is 6.54 Å². The number of benzene rings is 1. The Morgan fingerprint density at radius 2 is 2.26 bits per heavy atom. The lowest BCUT2D eigenvalue weighted by Crippen LogP contribution is -2.21. The monoisotopic (exact) mass is 292 g/mol. The first kappa shape index (κ1) is 12.6. The molecule has 0 radical (unpaired) electrons. The van der Waals surface area contributed by atoms with Crippen LogP contribution in [-0.2, 0) is 19.4 Å². The molecule has 0 saturated carbocycles. The van der Waals surface area contributed by atoms with Crippen LogP contribution in [0.1, 0.15) is 27.3 Å². The molecule has 0 saturated heterocycles. The lowest BCUT2D eigenvalue weighted by Gasteiger charge is -2.06. The number of ketones is 1. The zero-order valence-electron chi connectivity index (χ0n) is 10.3. The van der Waals surface area contributed by atoms with Gasteiger partial charge in [-0.05, 0) is 31.4 Å². The van der Waals surface area contributed by atoms with E-state index in [-0.39, 0.29) is 12.3 Å². The molecule has 2 aromatic rings. The summed E-state index contributed by atoms with van der Waals surface area (Å²) in [6.07, 6.45) is 3.16. The standard InChI is InChI=1S/C14H13ClN2OS/c15-10-4-1-3-9(7-10)12(18)8-17-11-5-2-6-13(11)19-14(17)16/h1,3-4,7,16H,2,5-6,8H2. The first-order chi connectivity index (χ1) is 9.15. The lowest BCUT2D eigenvalue weighted by atomic mass is 10.1. The number of thiazole rings is 1. The Balaban J connectivity index is 1.90. The number of halogens is 1. The number of hydrogen-bond donors (Lipinski definition) is 1. The third kappa shape index (κ3) is 2.38. The van der Waals surface area contributed by atoms with Crippen molar-refractivity contribution in [1.82, 2.24) is 4.57 Å². The molecule has 0 atom stereocenters. The second-order valence-electron chi connectivity index (χ2n) is 4.65. The summed E-state index contributed by atoms with van der Waals surface area (Å²) in [4.78, 5) is 14.0. The molecule has 1 aromatic carbocycles. The van der Waals surface area contributed by atoms with Gasteiger partial charge in [0.1, 0.15) is 0 Å². The van der Waals surface area contributed by atoms with Gasteiger partial charge in [0.2, 0.25) is 0 Å². The molecule has 1 N–H and O–H groups in total. The van der Waals surface area contributed by atoms with Gasteiger partial charge in [0.15, 0.2) is 10.6 Å². The van der Waals surface area contributed by atoms with E-state index in [1.54, 1.807) is 24.3 Å². The van der Waals surface area contributed by atoms with Gasteiger partial charge in [-0.1, -0.05) is 23.7 Å². The third-order valence-corrected chi connectivity index (χ3v) is 4.71. The van der Waals surface area contributed by atoms with Gasteiger partial charge >= 0.3 is 0 Å². The van der Waals surface area contributed by atoms with Crippen molar-refractivity contribution in [2.24, 2.45) is 0 Å². The minimum atomic E-state index is 0.00787. The maximum absolute atomic E-state index is 12.3. The van der Waals surface area contributed by atoms with Crippen molar-refractivity contribution in [2.75, 3.05) is 0 Å². The number of Topliss-reactive ketones (excluding diaryl/α,β-unsaturated/α-hetero) is 1. The van der Waals surface area contributed by atoms with Crippen LogP contribution >= 0.6 is 22.9 Å². The van der Waals surface area contributed by atoms with Crippen LogP contribution in [0.5, 0.6) is 0 Å². The first-order valence-corrected chi connectivity index (χ1v) is 7.39. The third-order valence-electron chi connectivity index (χ3n) is 3.38. The number of carbonyl (C=O) groups excluding carboxylic acids is 1. The summed E-state index contributed by atoms with van der Waals surface area (Å²) < 4.78 is 1.84. The van der Waals surface area contributed by atoms with Crippen molar-refractivity contribution >= 4 is 28.7 Å². The van der Waals surface area contributed by atoms with E-state index in [9.17, 15) is 4.79 Å². The molecule has 0 unspecified atom stereocenters. The molecule has 0 fully saturated rings. The predicted octanol–water partition coefficient (Wildman–Crippen LogP) is 3.05. The Kier molecular flexibility index (Phi) is 3.29. The molecule has 1 aliphatic carbocycles. The number of nitrogens with zero attached hydrogens (tertiary/aromatic N) is 1. The molecule has 0 amide bonds. The number of nitrogens with one attached hydrogen (secondary N) is 1. The summed E-state index contributed by atoms with van der Waals surface area (Å²) in [6, 6.07) is 6.98. The smallest absolute Gasteiger partial charge is 0.182 e. The lowest BCUT2D eigenvalue weighted by molar-refractivity contribution is 0.0970. The topological polar surface area (TPSA) is 45.9 Å². The molecular weight excluding hydrogens is 280 g/mol. The Morgan fingerprint density at radius 1 is 1.42 bits per heavy atom. The van der Waals surface area contributed by atoms with E-state index < -0.39 is 0 Å². The van der Waals surface area contributed by atoms with Crippen LogP contribution in [0.3, 0.4) is 0 Å². The molecule has 98 valence electrons. The fraction of sp³-hybridized carbons (Fsp3) is 0.286. The number of hydrogen-bond acceptors (Lipinski definition) is 3. The highest BCUT2D eigenvalue weighted by Gasteiger charge is 2.20. The molecule has 3 nitrogen and oxygen atoms in total. The van der Waals surface area contributed by atoms with E-state index >= 15 is 0 Å². The van der Waals surface area contributed by atoms with Crippen LogP contribution in [0.15, 0.2) is 24.3 Å². The average molecular weight is 293 g/mol. The predicted molar refractivity (Wildman–Crippen MR) is 76.0 cm³/mol. The molecule has 19 heavy (non-hydrogen) atoms. The number of fused-ring (bicyclic) bond motifs is 1. The summed E-state index contributed by atoms with van der Waals surface area (Å²) in [6.45, 7) is 0.241. The first-order valence-electron chi connectivity index (χ1n) is 6.20. The van der Waals surface area contributed by atoms with Crippen LogP contribution in [-0.4, -0.2) is 10.4 Å². The Hall–Kier alpha value is -1.39. The zero-order valence-corrected chi connectivity index (χ0v) is 11.9. The SMILES string of the molecule is N=c1sc2c(n1CC(=O)c1cccc(Cl)c1)CCC2. The maximum atomic E-state index is 12.3. The molecule has 0 bridgehead atoms. The second-order valence-corrected chi connectivity index (χ2v) is 6.17. The van der Waals surface area contributed by atoms with Crippen LogP contribution in [0.4, 0.5) is 0 Å². The van der Waals surface area contributed by atoms with Gasteiger partial charge in [-0.3, -0.25) is 10.2 Å². The van der Waals surface area contributed by atoms with Crippen molar-refractivity contribution in [3.05, 3.63) is 50.2 Å². The Morgan fingerprint density at radius 3 is 3.05 bits per heavy atom. The highest BCUT2D eigenvalue weighted by atomic mass is 35.5. The summed E-state index contributed by atoms with van der Waals surface area (Å²) in [7, 11) is 0. The van der Waals surface area contributed by atoms with Gasteiger partial charge in [-0.15, -0.1) is 11.3 Å². The quantitative estimate of drug-likeness (QED) is 0.868. The summed E-state index contributed by atoms with van der Waals surface area (Å²) in [5, 5.41) is 8.54. The van der Waals surface area contributed by atoms with E-state index in [2.05, 4.69) is 0 Å². The number of carbonyl (C=O) groups is 1. The number of aryl methyl sites for hydroxylation is 1. The van der Waals surface area contributed by atoms with Gasteiger partial charge in [-0.25, -0.2) is 0 Å². The molecule has 1 aromatic heterocycles. The molecule has 1 heterocycles. The van der Waals surface area contributed by atoms with Crippen molar-refractivity contribution in [1.29, 1.82) is 5.41 Å². The van der Waals surface area contributed by atoms with E-state index in [1.165, 1.54) is 21.9 Å². The van der Waals surface area contributed by atoms with E-state index in [0.29, 0.717) is 15.4 Å². The minimum absolute atomic E-state index is 0.00787. The minimum Gasteiger partial charge on any atom is -0.313 e. The normalized spacial score (nSPS) is 13.5. The summed E-state index contributed by atoms with van der Waals surface area (Å²) in [5.41, 5.74) is 1.78. The van der Waals surface area contributed by atoms with Crippen molar-refractivity contribution in [3.63, 3.8) is 0 Å². The summed E-state index contributed by atoms with van der Waals surface area (Å²) in [5.74, 6) is 0.00787. The molecule has 1 aliphatic rings. The van der Waals surface area contributed by atoms with Crippen molar-refractivity contribution < 1.29 is 4.79 Å². The average Bonchev–Trinajstić information content (AvgIpc) is 2.93. The Bertz CT molecular complexity index is 702. The fourth-order valence-electron chi connectivity index (χ4n) is 2.45. The Labute approximate surface area is 120 Å². The molecule has 5 heteroatoms. The molecule has 0 spiro atoms.